The van der Waals surface area contributed by atoms with Crippen molar-refractivity contribution in [3.05, 3.63) is 58.9 Å². The summed E-state index contributed by atoms with van der Waals surface area (Å²) in [6, 6.07) is 9.93. The topological polar surface area (TPSA) is 47.6 Å². The maximum absolute atomic E-state index is 13.6. The molecule has 0 heterocycles. The van der Waals surface area contributed by atoms with E-state index in [4.69, 9.17) is 9.47 Å². The molecule has 0 fully saturated rings. The molecular weight excluding hydrogens is 297 g/mol. The summed E-state index contributed by atoms with van der Waals surface area (Å²) in [5.74, 6) is 0.782. The van der Waals surface area contributed by atoms with Gasteiger partial charge >= 0.3 is 0 Å². The van der Waals surface area contributed by atoms with E-state index in [1.807, 2.05) is 19.1 Å². The average molecular weight is 317 g/mol. The Kier molecular flexibility index (Phi) is 5.57. The van der Waals surface area contributed by atoms with Crippen molar-refractivity contribution in [2.45, 2.75) is 19.9 Å². The van der Waals surface area contributed by atoms with Crippen LogP contribution in [0.25, 0.3) is 0 Å². The Bertz CT molecular complexity index is 701. The lowest BCUT2D eigenvalue weighted by Gasteiger charge is -2.15. The lowest BCUT2D eigenvalue weighted by molar-refractivity contribution is -0.120. The fraction of sp³-hybridized carbons (Fsp3) is 0.278. The summed E-state index contributed by atoms with van der Waals surface area (Å²) in [7, 11) is 3.17. The summed E-state index contributed by atoms with van der Waals surface area (Å²) < 4.78 is 24.2. The Hall–Kier alpha value is -2.56. The van der Waals surface area contributed by atoms with Crippen LogP contribution in [-0.4, -0.2) is 20.1 Å². The average Bonchev–Trinajstić information content (AvgIpc) is 2.55. The normalized spacial score (nSPS) is 10.3. The van der Waals surface area contributed by atoms with Crippen LogP contribution in [0, 0.1) is 12.7 Å². The SMILES string of the molecule is COc1ccc(CNC(=O)Cc2ccccc2F)c(OC)c1C. The Morgan fingerprint density at radius 2 is 1.83 bits per heavy atom. The zero-order valence-corrected chi connectivity index (χ0v) is 13.5. The molecule has 0 bridgehead atoms. The van der Waals surface area contributed by atoms with E-state index in [1.54, 1.807) is 32.4 Å². The number of hydrogen-bond acceptors (Lipinski definition) is 3. The van der Waals surface area contributed by atoms with Crippen LogP contribution in [-0.2, 0) is 17.8 Å². The number of nitrogens with one attached hydrogen (secondary N) is 1. The second-order valence-corrected chi connectivity index (χ2v) is 5.13. The van der Waals surface area contributed by atoms with Gasteiger partial charge in [0.25, 0.3) is 0 Å². The minimum Gasteiger partial charge on any atom is -0.496 e. The summed E-state index contributed by atoms with van der Waals surface area (Å²) >= 11 is 0. The number of rotatable bonds is 6. The number of ether oxygens (including phenoxy) is 2. The molecule has 5 heteroatoms. The lowest BCUT2D eigenvalue weighted by Crippen LogP contribution is -2.25. The molecule has 0 spiro atoms. The van der Waals surface area contributed by atoms with Crippen LogP contribution < -0.4 is 14.8 Å². The van der Waals surface area contributed by atoms with E-state index < -0.39 is 0 Å². The predicted molar refractivity (Wildman–Crippen MR) is 86.2 cm³/mol. The Labute approximate surface area is 135 Å². The van der Waals surface area contributed by atoms with Crippen LogP contribution in [0.3, 0.4) is 0 Å². The van der Waals surface area contributed by atoms with Crippen molar-refractivity contribution < 1.29 is 18.7 Å². The van der Waals surface area contributed by atoms with Crippen molar-refractivity contribution in [1.82, 2.24) is 5.32 Å². The standard InChI is InChI=1S/C18H20FNO3/c1-12-16(22-2)9-8-14(18(12)23-3)11-20-17(21)10-13-6-4-5-7-15(13)19/h4-9H,10-11H2,1-3H3,(H,20,21). The van der Waals surface area contributed by atoms with Crippen LogP contribution in [0.15, 0.2) is 36.4 Å². The van der Waals surface area contributed by atoms with Crippen LogP contribution in [0.5, 0.6) is 11.5 Å². The van der Waals surface area contributed by atoms with Gasteiger partial charge in [-0.25, -0.2) is 4.39 Å². The van der Waals surface area contributed by atoms with Gasteiger partial charge in [-0.15, -0.1) is 0 Å². The molecule has 0 saturated carbocycles. The maximum atomic E-state index is 13.6. The third kappa shape index (κ3) is 4.00. The number of methoxy groups -OCH3 is 2. The van der Waals surface area contributed by atoms with Gasteiger partial charge in [-0.1, -0.05) is 18.2 Å². The monoisotopic (exact) mass is 317 g/mol. The third-order valence-corrected chi connectivity index (χ3v) is 3.65. The Morgan fingerprint density at radius 1 is 1.09 bits per heavy atom. The molecule has 2 aromatic carbocycles. The zero-order chi connectivity index (χ0) is 16.8. The summed E-state index contributed by atoms with van der Waals surface area (Å²) in [4.78, 5) is 12.0. The van der Waals surface area contributed by atoms with Gasteiger partial charge in [-0.3, -0.25) is 4.79 Å². The molecule has 1 N–H and O–H groups in total. The van der Waals surface area contributed by atoms with Gasteiger partial charge in [0.15, 0.2) is 0 Å². The fourth-order valence-corrected chi connectivity index (χ4v) is 2.45. The third-order valence-electron chi connectivity index (χ3n) is 3.65. The molecule has 2 aromatic rings. The molecule has 2 rings (SSSR count). The van der Waals surface area contributed by atoms with Crippen molar-refractivity contribution in [3.63, 3.8) is 0 Å². The van der Waals surface area contributed by atoms with Gasteiger partial charge in [0.05, 0.1) is 20.6 Å². The molecule has 0 aliphatic rings. The van der Waals surface area contributed by atoms with E-state index in [1.165, 1.54) is 6.07 Å². The number of carbonyl (C=O) groups excluding carboxylic acids is 1. The predicted octanol–water partition coefficient (Wildman–Crippen LogP) is 3.01. The quantitative estimate of drug-likeness (QED) is 0.891. The van der Waals surface area contributed by atoms with Crippen molar-refractivity contribution in [3.8, 4) is 11.5 Å². The Morgan fingerprint density at radius 3 is 2.48 bits per heavy atom. The molecule has 0 aliphatic carbocycles. The minimum atomic E-state index is -0.375. The maximum Gasteiger partial charge on any atom is 0.224 e. The molecule has 0 saturated heterocycles. The second kappa shape index (κ2) is 7.63. The first-order chi connectivity index (χ1) is 11.1. The molecule has 23 heavy (non-hydrogen) atoms. The first-order valence-corrected chi connectivity index (χ1v) is 7.27. The zero-order valence-electron chi connectivity index (χ0n) is 13.5. The second-order valence-electron chi connectivity index (χ2n) is 5.13. The first-order valence-electron chi connectivity index (χ1n) is 7.27. The van der Waals surface area contributed by atoms with Gasteiger partial charge in [0.1, 0.15) is 17.3 Å². The largest absolute Gasteiger partial charge is 0.496 e. The number of amides is 1. The van der Waals surface area contributed by atoms with Crippen LogP contribution >= 0.6 is 0 Å². The smallest absolute Gasteiger partial charge is 0.224 e. The molecule has 0 unspecified atom stereocenters. The van der Waals surface area contributed by atoms with E-state index >= 15 is 0 Å². The lowest BCUT2D eigenvalue weighted by atomic mass is 10.1. The first kappa shape index (κ1) is 16.8. The van der Waals surface area contributed by atoms with Crippen LogP contribution in [0.2, 0.25) is 0 Å². The summed E-state index contributed by atoms with van der Waals surface area (Å²) in [6.45, 7) is 2.20. The summed E-state index contributed by atoms with van der Waals surface area (Å²) in [6.07, 6.45) is 0.00409. The number of carbonyl (C=O) groups is 1. The van der Waals surface area contributed by atoms with E-state index in [2.05, 4.69) is 5.32 Å². The number of halogens is 1. The molecular formula is C18H20FNO3. The fourth-order valence-electron chi connectivity index (χ4n) is 2.45. The van der Waals surface area contributed by atoms with Gasteiger partial charge in [0, 0.05) is 17.7 Å². The number of hydrogen-bond donors (Lipinski definition) is 1. The molecule has 0 radical (unpaired) electrons. The summed E-state index contributed by atoms with van der Waals surface area (Å²) in [5.41, 5.74) is 2.09. The molecule has 0 atom stereocenters. The molecule has 4 nitrogen and oxygen atoms in total. The Balaban J connectivity index is 2.05. The highest BCUT2D eigenvalue weighted by molar-refractivity contribution is 5.78. The van der Waals surface area contributed by atoms with Gasteiger partial charge in [-0.2, -0.15) is 0 Å². The highest BCUT2D eigenvalue weighted by atomic mass is 19.1. The van der Waals surface area contributed by atoms with Crippen LogP contribution in [0.1, 0.15) is 16.7 Å². The van der Waals surface area contributed by atoms with Crippen LogP contribution in [0.4, 0.5) is 4.39 Å². The summed E-state index contributed by atoms with van der Waals surface area (Å²) in [5, 5.41) is 2.79. The van der Waals surface area contributed by atoms with Crippen molar-refractivity contribution in [1.29, 1.82) is 0 Å². The molecule has 122 valence electrons. The highest BCUT2D eigenvalue weighted by Crippen LogP contribution is 2.31. The van der Waals surface area contributed by atoms with Crippen molar-refractivity contribution >= 4 is 5.91 Å². The van der Waals surface area contributed by atoms with Crippen molar-refractivity contribution in [2.24, 2.45) is 0 Å². The van der Waals surface area contributed by atoms with Crippen molar-refractivity contribution in [2.75, 3.05) is 14.2 Å². The van der Waals surface area contributed by atoms with E-state index in [0.717, 1.165) is 16.9 Å². The highest BCUT2D eigenvalue weighted by Gasteiger charge is 2.13. The van der Waals surface area contributed by atoms with E-state index in [0.29, 0.717) is 17.9 Å². The molecule has 0 aromatic heterocycles. The van der Waals surface area contributed by atoms with Gasteiger partial charge < -0.3 is 14.8 Å². The molecule has 0 aliphatic heterocycles. The van der Waals surface area contributed by atoms with Gasteiger partial charge in [0.2, 0.25) is 5.91 Å². The van der Waals surface area contributed by atoms with E-state index in [9.17, 15) is 9.18 Å². The number of benzene rings is 2. The minimum absolute atomic E-state index is 0.00409. The molecule has 1 amide bonds. The van der Waals surface area contributed by atoms with Gasteiger partial charge in [-0.05, 0) is 30.7 Å². The van der Waals surface area contributed by atoms with E-state index in [-0.39, 0.29) is 18.1 Å².